The van der Waals surface area contributed by atoms with Gasteiger partial charge in [-0.25, -0.2) is 0 Å². The molecule has 24 heavy (non-hydrogen) atoms. The lowest BCUT2D eigenvalue weighted by Gasteiger charge is -2.28. The zero-order valence-corrected chi connectivity index (χ0v) is 14.5. The predicted molar refractivity (Wildman–Crippen MR) is 94.8 cm³/mol. The standard InChI is InChI=1S/C19H27N3O2/c1-12-4-3-5-13(2)19(12)22-18(24)11-20-17(23)10-14-8-15-6-7-16(9-14)21-15/h3-5,14-16,21H,6-11H2,1-2H3,(H,20,23)(H,22,24). The third kappa shape index (κ3) is 4.15. The lowest BCUT2D eigenvalue weighted by atomic mass is 9.89. The molecule has 0 saturated carbocycles. The molecule has 2 aliphatic heterocycles. The number of anilines is 1. The molecule has 5 nitrogen and oxygen atoms in total. The number of hydrogen-bond donors (Lipinski definition) is 3. The topological polar surface area (TPSA) is 70.2 Å². The number of benzene rings is 1. The number of fused-ring (bicyclic) bond motifs is 2. The van der Waals surface area contributed by atoms with Crippen LogP contribution in [0.5, 0.6) is 0 Å². The molecule has 3 rings (SSSR count). The van der Waals surface area contributed by atoms with Crippen molar-refractivity contribution < 1.29 is 9.59 Å². The summed E-state index contributed by atoms with van der Waals surface area (Å²) in [5, 5.41) is 9.25. The normalized spacial score (nSPS) is 25.3. The Bertz CT molecular complexity index is 597. The summed E-state index contributed by atoms with van der Waals surface area (Å²) in [5.41, 5.74) is 2.89. The molecule has 0 radical (unpaired) electrons. The smallest absolute Gasteiger partial charge is 0.243 e. The van der Waals surface area contributed by atoms with Crippen molar-refractivity contribution in [2.75, 3.05) is 11.9 Å². The van der Waals surface area contributed by atoms with Gasteiger partial charge >= 0.3 is 0 Å². The fourth-order valence-electron chi connectivity index (χ4n) is 4.05. The molecular weight excluding hydrogens is 302 g/mol. The highest BCUT2D eigenvalue weighted by molar-refractivity contribution is 5.95. The molecule has 2 unspecified atom stereocenters. The molecule has 2 aliphatic rings. The lowest BCUT2D eigenvalue weighted by molar-refractivity contribution is -0.125. The average Bonchev–Trinajstić information content (AvgIpc) is 2.88. The zero-order valence-electron chi connectivity index (χ0n) is 14.5. The number of amides is 2. The van der Waals surface area contributed by atoms with Crippen molar-refractivity contribution >= 4 is 17.5 Å². The second kappa shape index (κ2) is 7.34. The molecule has 2 saturated heterocycles. The van der Waals surface area contributed by atoms with Crippen molar-refractivity contribution in [3.8, 4) is 0 Å². The minimum Gasteiger partial charge on any atom is -0.347 e. The summed E-state index contributed by atoms with van der Waals surface area (Å²) >= 11 is 0. The van der Waals surface area contributed by atoms with Crippen LogP contribution < -0.4 is 16.0 Å². The van der Waals surface area contributed by atoms with Gasteiger partial charge in [0.05, 0.1) is 6.54 Å². The Morgan fingerprint density at radius 1 is 1.08 bits per heavy atom. The quantitative estimate of drug-likeness (QED) is 0.776. The van der Waals surface area contributed by atoms with Gasteiger partial charge in [0.25, 0.3) is 0 Å². The third-order valence-electron chi connectivity index (χ3n) is 5.24. The number of rotatable bonds is 5. The number of carbonyl (C=O) groups excluding carboxylic acids is 2. The molecule has 1 aromatic carbocycles. The van der Waals surface area contributed by atoms with Crippen molar-refractivity contribution in [2.24, 2.45) is 5.92 Å². The Morgan fingerprint density at radius 3 is 2.33 bits per heavy atom. The average molecular weight is 329 g/mol. The van der Waals surface area contributed by atoms with E-state index in [0.29, 0.717) is 24.4 Å². The molecule has 2 fully saturated rings. The van der Waals surface area contributed by atoms with E-state index in [2.05, 4.69) is 16.0 Å². The number of para-hydroxylation sites is 1. The fourth-order valence-corrected chi connectivity index (χ4v) is 4.05. The Morgan fingerprint density at radius 2 is 1.71 bits per heavy atom. The van der Waals surface area contributed by atoms with E-state index in [1.165, 1.54) is 12.8 Å². The van der Waals surface area contributed by atoms with E-state index in [1.54, 1.807) is 0 Å². The van der Waals surface area contributed by atoms with E-state index < -0.39 is 0 Å². The Kier molecular flexibility index (Phi) is 5.19. The van der Waals surface area contributed by atoms with E-state index in [4.69, 9.17) is 0 Å². The number of hydrogen-bond acceptors (Lipinski definition) is 3. The monoisotopic (exact) mass is 329 g/mol. The Balaban J connectivity index is 1.43. The van der Waals surface area contributed by atoms with Gasteiger partial charge in [-0.3, -0.25) is 9.59 Å². The first-order valence-corrected chi connectivity index (χ1v) is 8.90. The van der Waals surface area contributed by atoms with Crippen molar-refractivity contribution in [3.63, 3.8) is 0 Å². The highest BCUT2D eigenvalue weighted by Gasteiger charge is 2.34. The van der Waals surface area contributed by atoms with Gasteiger partial charge in [0.2, 0.25) is 11.8 Å². The van der Waals surface area contributed by atoms with Crippen LogP contribution in [0.1, 0.15) is 43.2 Å². The van der Waals surface area contributed by atoms with E-state index in [0.717, 1.165) is 29.7 Å². The number of nitrogens with one attached hydrogen (secondary N) is 3. The highest BCUT2D eigenvalue weighted by atomic mass is 16.2. The second-order valence-corrected chi connectivity index (χ2v) is 7.27. The van der Waals surface area contributed by atoms with Crippen LogP contribution in [0.25, 0.3) is 0 Å². The molecule has 2 bridgehead atoms. The maximum absolute atomic E-state index is 12.1. The SMILES string of the molecule is Cc1cccc(C)c1NC(=O)CNC(=O)CC1CC2CCC(C1)N2. The van der Waals surface area contributed by atoms with Gasteiger partial charge in [0.15, 0.2) is 0 Å². The molecular formula is C19H27N3O2. The highest BCUT2D eigenvalue weighted by Crippen LogP contribution is 2.32. The molecule has 0 aliphatic carbocycles. The van der Waals surface area contributed by atoms with Crippen LogP contribution in [0.4, 0.5) is 5.69 Å². The molecule has 0 spiro atoms. The van der Waals surface area contributed by atoms with Gasteiger partial charge < -0.3 is 16.0 Å². The molecule has 0 aromatic heterocycles. The summed E-state index contributed by atoms with van der Waals surface area (Å²) in [6.45, 7) is 3.96. The van der Waals surface area contributed by atoms with Crippen LogP contribution in [0, 0.1) is 19.8 Å². The fraction of sp³-hybridized carbons (Fsp3) is 0.579. The summed E-state index contributed by atoms with van der Waals surface area (Å²) < 4.78 is 0. The number of piperidine rings is 1. The van der Waals surface area contributed by atoms with Gasteiger partial charge in [-0.1, -0.05) is 18.2 Å². The van der Waals surface area contributed by atoms with Crippen molar-refractivity contribution in [2.45, 2.75) is 58.0 Å². The van der Waals surface area contributed by atoms with E-state index >= 15 is 0 Å². The van der Waals surface area contributed by atoms with Gasteiger partial charge in [0.1, 0.15) is 0 Å². The maximum Gasteiger partial charge on any atom is 0.243 e. The molecule has 3 N–H and O–H groups in total. The first-order valence-electron chi connectivity index (χ1n) is 8.90. The Hall–Kier alpha value is -1.88. The van der Waals surface area contributed by atoms with E-state index in [1.807, 2.05) is 32.0 Å². The predicted octanol–water partition coefficient (Wildman–Crippen LogP) is 2.28. The lowest BCUT2D eigenvalue weighted by Crippen LogP contribution is -2.40. The summed E-state index contributed by atoms with van der Waals surface area (Å²) in [5.74, 6) is 0.259. The first-order chi connectivity index (χ1) is 11.5. The molecule has 1 aromatic rings. The van der Waals surface area contributed by atoms with Crippen molar-refractivity contribution in [3.05, 3.63) is 29.3 Å². The van der Waals surface area contributed by atoms with Gasteiger partial charge in [-0.05, 0) is 56.6 Å². The van der Waals surface area contributed by atoms with Crippen LogP contribution in [-0.2, 0) is 9.59 Å². The summed E-state index contributed by atoms with van der Waals surface area (Å²) in [6, 6.07) is 7.08. The summed E-state index contributed by atoms with van der Waals surface area (Å²) in [6.07, 6.45) is 5.17. The number of carbonyl (C=O) groups is 2. The van der Waals surface area contributed by atoms with Crippen LogP contribution in [0.2, 0.25) is 0 Å². The third-order valence-corrected chi connectivity index (χ3v) is 5.24. The number of aryl methyl sites for hydroxylation is 2. The molecule has 130 valence electrons. The molecule has 2 atom stereocenters. The van der Waals surface area contributed by atoms with E-state index in [-0.39, 0.29) is 18.4 Å². The molecule has 2 heterocycles. The van der Waals surface area contributed by atoms with E-state index in [9.17, 15) is 9.59 Å². The van der Waals surface area contributed by atoms with Crippen LogP contribution >= 0.6 is 0 Å². The van der Waals surface area contributed by atoms with Crippen LogP contribution in [0.3, 0.4) is 0 Å². The van der Waals surface area contributed by atoms with Crippen molar-refractivity contribution in [1.82, 2.24) is 10.6 Å². The second-order valence-electron chi connectivity index (χ2n) is 7.27. The Labute approximate surface area is 143 Å². The van der Waals surface area contributed by atoms with Crippen molar-refractivity contribution in [1.29, 1.82) is 0 Å². The summed E-state index contributed by atoms with van der Waals surface area (Å²) in [7, 11) is 0. The van der Waals surface area contributed by atoms with Crippen LogP contribution in [0.15, 0.2) is 18.2 Å². The largest absolute Gasteiger partial charge is 0.347 e. The summed E-state index contributed by atoms with van der Waals surface area (Å²) in [4.78, 5) is 24.2. The van der Waals surface area contributed by atoms with Gasteiger partial charge in [0, 0.05) is 24.2 Å². The van der Waals surface area contributed by atoms with Crippen LogP contribution in [-0.4, -0.2) is 30.4 Å². The van der Waals surface area contributed by atoms with Gasteiger partial charge in [-0.2, -0.15) is 0 Å². The maximum atomic E-state index is 12.1. The zero-order chi connectivity index (χ0) is 17.1. The minimum atomic E-state index is -0.175. The first kappa shape index (κ1) is 17.0. The molecule has 5 heteroatoms. The minimum absolute atomic E-state index is 0.0158. The van der Waals surface area contributed by atoms with Gasteiger partial charge in [-0.15, -0.1) is 0 Å². The molecule has 2 amide bonds.